The van der Waals surface area contributed by atoms with Gasteiger partial charge < -0.3 is 9.73 Å². The molecule has 9 nitrogen and oxygen atoms in total. The molecule has 0 aliphatic heterocycles. The molecular formula is C17H15Cl2N7O2. The lowest BCUT2D eigenvalue weighted by molar-refractivity contribution is 0.449. The largest absolute Gasteiger partial charge is 0.426 e. The number of anilines is 1. The Bertz CT molecular complexity index is 1200. The van der Waals surface area contributed by atoms with E-state index in [4.69, 9.17) is 27.6 Å². The number of nitrogens with zero attached hydrogens (tertiary/aromatic N) is 5. The Morgan fingerprint density at radius 1 is 1.25 bits per heavy atom. The van der Waals surface area contributed by atoms with Crippen LogP contribution in [0.25, 0.3) is 11.0 Å². The Morgan fingerprint density at radius 3 is 2.86 bits per heavy atom. The lowest BCUT2D eigenvalue weighted by Gasteiger charge is -2.07. The van der Waals surface area contributed by atoms with Crippen LogP contribution < -0.4 is 10.9 Å². The molecule has 3 heterocycles. The highest BCUT2D eigenvalue weighted by atomic mass is 35.5. The number of H-pyrrole nitrogens is 1. The predicted octanol–water partition coefficient (Wildman–Crippen LogP) is 2.97. The number of hydrogen-bond donors (Lipinski definition) is 2. The van der Waals surface area contributed by atoms with Crippen LogP contribution in [0.4, 0.5) is 5.95 Å². The van der Waals surface area contributed by atoms with E-state index in [1.54, 1.807) is 29.9 Å². The van der Waals surface area contributed by atoms with Gasteiger partial charge in [0.2, 0.25) is 17.7 Å². The fourth-order valence-corrected chi connectivity index (χ4v) is 3.06. The van der Waals surface area contributed by atoms with Crippen molar-refractivity contribution >= 4 is 40.2 Å². The number of fused-ring (bicyclic) bond motifs is 1. The van der Waals surface area contributed by atoms with Crippen molar-refractivity contribution in [3.05, 3.63) is 62.1 Å². The maximum absolute atomic E-state index is 12.5. The van der Waals surface area contributed by atoms with E-state index in [-0.39, 0.29) is 5.56 Å². The second-order valence-electron chi connectivity index (χ2n) is 6.08. The van der Waals surface area contributed by atoms with Gasteiger partial charge in [-0.3, -0.25) is 14.5 Å². The van der Waals surface area contributed by atoms with E-state index in [1.807, 2.05) is 6.07 Å². The fourth-order valence-electron chi connectivity index (χ4n) is 2.73. The third-order valence-corrected chi connectivity index (χ3v) is 4.79. The van der Waals surface area contributed by atoms with Crippen LogP contribution in [0.1, 0.15) is 17.3 Å². The van der Waals surface area contributed by atoms with E-state index < -0.39 is 0 Å². The molecule has 0 aliphatic carbocycles. The summed E-state index contributed by atoms with van der Waals surface area (Å²) in [4.78, 5) is 19.7. The van der Waals surface area contributed by atoms with Crippen molar-refractivity contribution in [1.29, 1.82) is 0 Å². The zero-order chi connectivity index (χ0) is 19.7. The summed E-state index contributed by atoms with van der Waals surface area (Å²) in [6.45, 7) is 2.57. The molecule has 4 aromatic rings. The van der Waals surface area contributed by atoms with Gasteiger partial charge >= 0.3 is 0 Å². The van der Waals surface area contributed by atoms with E-state index in [0.717, 1.165) is 5.56 Å². The third kappa shape index (κ3) is 3.85. The van der Waals surface area contributed by atoms with Gasteiger partial charge in [-0.1, -0.05) is 29.3 Å². The summed E-state index contributed by atoms with van der Waals surface area (Å²) in [7, 11) is 0. The van der Waals surface area contributed by atoms with Crippen molar-refractivity contribution in [2.24, 2.45) is 0 Å². The number of halogens is 2. The Balaban J connectivity index is 1.50. The van der Waals surface area contributed by atoms with Crippen molar-refractivity contribution in [3.8, 4) is 0 Å². The molecule has 28 heavy (non-hydrogen) atoms. The van der Waals surface area contributed by atoms with E-state index in [0.29, 0.717) is 58.3 Å². The molecule has 0 fully saturated rings. The van der Waals surface area contributed by atoms with Gasteiger partial charge in [-0.25, -0.2) is 4.98 Å². The zero-order valence-electron chi connectivity index (χ0n) is 14.7. The highest BCUT2D eigenvalue weighted by Gasteiger charge is 2.12. The van der Waals surface area contributed by atoms with Gasteiger partial charge in [-0.2, -0.15) is 5.10 Å². The predicted molar refractivity (Wildman–Crippen MR) is 105 cm³/mol. The summed E-state index contributed by atoms with van der Waals surface area (Å²) in [6.07, 6.45) is 2.02. The second kappa shape index (κ2) is 7.61. The number of nitrogens with one attached hydrogen (secondary N) is 2. The molecule has 0 spiro atoms. The van der Waals surface area contributed by atoms with Crippen molar-refractivity contribution in [3.63, 3.8) is 0 Å². The molecule has 2 N–H and O–H groups in total. The molecule has 0 radical (unpaired) electrons. The first-order valence-electron chi connectivity index (χ1n) is 8.42. The Morgan fingerprint density at radius 2 is 2.11 bits per heavy atom. The molecule has 3 aromatic heterocycles. The van der Waals surface area contributed by atoms with E-state index in [2.05, 4.69) is 30.6 Å². The highest BCUT2D eigenvalue weighted by molar-refractivity contribution is 6.42. The molecule has 11 heteroatoms. The number of hydrogen-bond acceptors (Lipinski definition) is 7. The quantitative estimate of drug-likeness (QED) is 0.493. The summed E-state index contributed by atoms with van der Waals surface area (Å²) in [5.41, 5.74) is 1.49. The SMILES string of the molecule is Cc1nnc(CCn2ncc3nc(NCc4ccc(Cl)c(Cl)c4)[nH]c(=O)c32)o1. The molecule has 0 unspecified atom stereocenters. The minimum Gasteiger partial charge on any atom is -0.426 e. The van der Waals surface area contributed by atoms with Gasteiger partial charge in [0.25, 0.3) is 5.56 Å². The lowest BCUT2D eigenvalue weighted by Crippen LogP contribution is -2.16. The smallest absolute Gasteiger partial charge is 0.278 e. The van der Waals surface area contributed by atoms with Crippen LogP contribution in [0.2, 0.25) is 10.0 Å². The van der Waals surface area contributed by atoms with Crippen molar-refractivity contribution in [2.75, 3.05) is 5.32 Å². The second-order valence-corrected chi connectivity index (χ2v) is 6.90. The number of aryl methyl sites for hydroxylation is 3. The van der Waals surface area contributed by atoms with Crippen LogP contribution in [0.5, 0.6) is 0 Å². The van der Waals surface area contributed by atoms with Crippen LogP contribution >= 0.6 is 23.2 Å². The third-order valence-electron chi connectivity index (χ3n) is 4.05. The van der Waals surface area contributed by atoms with E-state index in [9.17, 15) is 4.79 Å². The summed E-state index contributed by atoms with van der Waals surface area (Å²) in [6, 6.07) is 5.31. The fraction of sp³-hybridized carbons (Fsp3) is 0.235. The maximum Gasteiger partial charge on any atom is 0.278 e. The molecule has 0 atom stereocenters. The number of aromatic nitrogens is 6. The maximum atomic E-state index is 12.5. The average molecular weight is 420 g/mol. The Labute approximate surface area is 168 Å². The average Bonchev–Trinajstić information content (AvgIpc) is 3.27. The standard InChI is InChI=1S/C17H15Cl2N7O2/c1-9-24-25-14(28-9)4-5-26-15-13(8-21-26)22-17(23-16(15)27)20-7-10-2-3-11(18)12(19)6-10/h2-3,6,8H,4-5,7H2,1H3,(H2,20,22,23,27). The van der Waals surface area contributed by atoms with Gasteiger partial charge in [0.15, 0.2) is 5.52 Å². The summed E-state index contributed by atoms with van der Waals surface area (Å²) < 4.78 is 6.91. The number of rotatable bonds is 6. The van der Waals surface area contributed by atoms with E-state index >= 15 is 0 Å². The molecule has 1 aromatic carbocycles. The van der Waals surface area contributed by atoms with Crippen molar-refractivity contribution < 1.29 is 4.42 Å². The Kier molecular flexibility index (Phi) is 5.01. The molecular weight excluding hydrogens is 405 g/mol. The van der Waals surface area contributed by atoms with Gasteiger partial charge in [0.05, 0.1) is 22.8 Å². The highest BCUT2D eigenvalue weighted by Crippen LogP contribution is 2.22. The summed E-state index contributed by atoms with van der Waals surface area (Å²) >= 11 is 11.9. The molecule has 0 bridgehead atoms. The van der Waals surface area contributed by atoms with Crippen LogP contribution in [0.3, 0.4) is 0 Å². The summed E-state index contributed by atoms with van der Waals surface area (Å²) in [5.74, 6) is 1.33. The van der Waals surface area contributed by atoms with Gasteiger partial charge in [-0.05, 0) is 17.7 Å². The Hall–Kier alpha value is -2.91. The monoisotopic (exact) mass is 419 g/mol. The van der Waals surface area contributed by atoms with Crippen LogP contribution in [-0.4, -0.2) is 29.9 Å². The van der Waals surface area contributed by atoms with Crippen molar-refractivity contribution in [1.82, 2.24) is 29.9 Å². The lowest BCUT2D eigenvalue weighted by atomic mass is 10.2. The van der Waals surface area contributed by atoms with Crippen LogP contribution in [0, 0.1) is 6.92 Å². The first kappa shape index (κ1) is 18.5. The normalized spacial score (nSPS) is 11.2. The molecule has 144 valence electrons. The van der Waals surface area contributed by atoms with E-state index in [1.165, 1.54) is 0 Å². The zero-order valence-corrected chi connectivity index (χ0v) is 16.3. The van der Waals surface area contributed by atoms with Gasteiger partial charge in [0.1, 0.15) is 5.52 Å². The number of aromatic amines is 1. The topological polar surface area (TPSA) is 115 Å². The number of benzene rings is 1. The molecule has 0 aliphatic rings. The molecule has 0 saturated heterocycles. The first-order chi connectivity index (χ1) is 13.5. The molecule has 4 rings (SSSR count). The minimum absolute atomic E-state index is 0.291. The van der Waals surface area contributed by atoms with Gasteiger partial charge in [-0.15, -0.1) is 10.2 Å². The first-order valence-corrected chi connectivity index (χ1v) is 9.18. The molecule has 0 amide bonds. The molecule has 0 saturated carbocycles. The van der Waals surface area contributed by atoms with Gasteiger partial charge in [0, 0.05) is 19.9 Å². The minimum atomic E-state index is -0.291. The summed E-state index contributed by atoms with van der Waals surface area (Å²) in [5, 5.41) is 16.0. The van der Waals surface area contributed by atoms with Crippen LogP contribution in [0.15, 0.2) is 33.6 Å². The van der Waals surface area contributed by atoms with Crippen LogP contribution in [-0.2, 0) is 19.5 Å². The van der Waals surface area contributed by atoms with Crippen molar-refractivity contribution in [2.45, 2.75) is 26.4 Å².